The van der Waals surface area contributed by atoms with Crippen molar-refractivity contribution in [2.75, 3.05) is 32.1 Å². The number of nitrogens with one attached hydrogen (secondary N) is 2. The summed E-state index contributed by atoms with van der Waals surface area (Å²) >= 11 is 0. The molecule has 0 aromatic heterocycles. The number of ether oxygens (including phenoxy) is 1. The van der Waals surface area contributed by atoms with Gasteiger partial charge in [-0.05, 0) is 24.6 Å². The molecular formula is C15H25Cl2N3O2. The van der Waals surface area contributed by atoms with Crippen molar-refractivity contribution in [3.05, 3.63) is 29.8 Å². The molecule has 1 heterocycles. The van der Waals surface area contributed by atoms with Crippen LogP contribution in [0.3, 0.4) is 0 Å². The average Bonchev–Trinajstić information content (AvgIpc) is 2.45. The first-order chi connectivity index (χ1) is 9.58. The molecule has 22 heavy (non-hydrogen) atoms. The summed E-state index contributed by atoms with van der Waals surface area (Å²) in [6.45, 7) is 3.84. The van der Waals surface area contributed by atoms with E-state index in [0.29, 0.717) is 13.2 Å². The molecule has 2 atom stereocenters. The Hall–Kier alpha value is -1.01. The zero-order valence-electron chi connectivity index (χ0n) is 13.2. The van der Waals surface area contributed by atoms with Crippen molar-refractivity contribution in [1.82, 2.24) is 10.6 Å². The Kier molecular flexibility index (Phi) is 9.44. The van der Waals surface area contributed by atoms with E-state index in [4.69, 9.17) is 4.74 Å². The number of anilines is 1. The van der Waals surface area contributed by atoms with E-state index in [1.165, 1.54) is 0 Å². The summed E-state index contributed by atoms with van der Waals surface area (Å²) in [6, 6.07) is 7.88. The lowest BCUT2D eigenvalue weighted by molar-refractivity contribution is -0.129. The second-order valence-electron chi connectivity index (χ2n) is 5.29. The van der Waals surface area contributed by atoms with E-state index in [2.05, 4.69) is 16.7 Å². The SMILES string of the molecule is C[C@H]1OCCN[C@@H]1C(=O)NCc1cccc(N(C)C)c1.Cl.Cl. The van der Waals surface area contributed by atoms with E-state index < -0.39 is 0 Å². The average molecular weight is 350 g/mol. The van der Waals surface area contributed by atoms with Gasteiger partial charge in [0.2, 0.25) is 5.91 Å². The number of halogens is 2. The van der Waals surface area contributed by atoms with Gasteiger partial charge in [-0.25, -0.2) is 0 Å². The summed E-state index contributed by atoms with van der Waals surface area (Å²) in [5, 5.41) is 6.15. The summed E-state index contributed by atoms with van der Waals surface area (Å²) in [5.41, 5.74) is 2.22. The van der Waals surface area contributed by atoms with Gasteiger partial charge in [-0.15, -0.1) is 24.8 Å². The molecule has 1 aromatic rings. The summed E-state index contributed by atoms with van der Waals surface area (Å²) in [5.74, 6) is -0.00699. The molecule has 1 aliphatic heterocycles. The number of amides is 1. The highest BCUT2D eigenvalue weighted by atomic mass is 35.5. The molecule has 0 spiro atoms. The van der Waals surface area contributed by atoms with Crippen LogP contribution in [0.1, 0.15) is 12.5 Å². The quantitative estimate of drug-likeness (QED) is 0.866. The van der Waals surface area contributed by atoms with Crippen LogP contribution in [-0.2, 0) is 16.1 Å². The van der Waals surface area contributed by atoms with Gasteiger partial charge in [0.25, 0.3) is 0 Å². The molecule has 1 aromatic carbocycles. The zero-order chi connectivity index (χ0) is 14.5. The largest absolute Gasteiger partial charge is 0.378 e. The van der Waals surface area contributed by atoms with Crippen molar-refractivity contribution >= 4 is 36.4 Å². The fraction of sp³-hybridized carbons (Fsp3) is 0.533. The number of morpholine rings is 1. The van der Waals surface area contributed by atoms with Gasteiger partial charge in [-0.3, -0.25) is 4.79 Å². The maximum Gasteiger partial charge on any atom is 0.240 e. The molecule has 1 saturated heterocycles. The van der Waals surface area contributed by atoms with Crippen LogP contribution < -0.4 is 15.5 Å². The third-order valence-electron chi connectivity index (χ3n) is 3.49. The lowest BCUT2D eigenvalue weighted by Gasteiger charge is -2.29. The first kappa shape index (κ1) is 21.0. The maximum absolute atomic E-state index is 12.1. The number of rotatable bonds is 4. The molecule has 7 heteroatoms. The zero-order valence-corrected chi connectivity index (χ0v) is 14.8. The van der Waals surface area contributed by atoms with Gasteiger partial charge in [0.15, 0.2) is 0 Å². The van der Waals surface area contributed by atoms with Crippen molar-refractivity contribution in [2.45, 2.75) is 25.6 Å². The van der Waals surface area contributed by atoms with Crippen molar-refractivity contribution < 1.29 is 9.53 Å². The Balaban J connectivity index is 0.00000220. The standard InChI is InChI=1S/C15H23N3O2.2ClH/c1-11-14(16-7-8-20-11)15(19)17-10-12-5-4-6-13(9-12)18(2)3;;/h4-6,9,11,14,16H,7-8,10H2,1-3H3,(H,17,19);2*1H/t11-,14+;;/m1../s1. The summed E-state index contributed by atoms with van der Waals surface area (Å²) in [7, 11) is 4.01. The highest BCUT2D eigenvalue weighted by molar-refractivity contribution is 5.85. The van der Waals surface area contributed by atoms with Crippen LogP contribution in [0, 0.1) is 0 Å². The molecule has 0 saturated carbocycles. The molecule has 0 unspecified atom stereocenters. The number of nitrogens with zero attached hydrogens (tertiary/aromatic N) is 1. The summed E-state index contributed by atoms with van der Waals surface area (Å²) in [6.07, 6.45) is -0.0862. The number of benzene rings is 1. The minimum absolute atomic E-state index is 0. The first-order valence-electron chi connectivity index (χ1n) is 6.97. The van der Waals surface area contributed by atoms with Gasteiger partial charge >= 0.3 is 0 Å². The maximum atomic E-state index is 12.1. The van der Waals surface area contributed by atoms with E-state index in [-0.39, 0.29) is 42.9 Å². The Labute approximate surface area is 144 Å². The fourth-order valence-corrected chi connectivity index (χ4v) is 2.27. The highest BCUT2D eigenvalue weighted by Gasteiger charge is 2.27. The first-order valence-corrected chi connectivity index (χ1v) is 6.97. The van der Waals surface area contributed by atoms with E-state index in [9.17, 15) is 4.79 Å². The smallest absolute Gasteiger partial charge is 0.240 e. The molecule has 2 N–H and O–H groups in total. The van der Waals surface area contributed by atoms with Crippen LogP contribution in [0.15, 0.2) is 24.3 Å². The van der Waals surface area contributed by atoms with Crippen molar-refractivity contribution in [3.8, 4) is 0 Å². The van der Waals surface area contributed by atoms with E-state index >= 15 is 0 Å². The predicted molar refractivity (Wildman–Crippen MR) is 94.3 cm³/mol. The van der Waals surface area contributed by atoms with E-state index in [1.807, 2.05) is 44.1 Å². The molecule has 0 bridgehead atoms. The van der Waals surface area contributed by atoms with Crippen LogP contribution in [0.25, 0.3) is 0 Å². The summed E-state index contributed by atoms with van der Waals surface area (Å²) in [4.78, 5) is 14.2. The molecule has 126 valence electrons. The second kappa shape index (κ2) is 9.90. The molecular weight excluding hydrogens is 325 g/mol. The third-order valence-corrected chi connectivity index (χ3v) is 3.49. The van der Waals surface area contributed by atoms with Crippen LogP contribution in [0.5, 0.6) is 0 Å². The van der Waals surface area contributed by atoms with E-state index in [0.717, 1.165) is 17.8 Å². The Morgan fingerprint density at radius 3 is 2.77 bits per heavy atom. The Bertz CT molecular complexity index is 472. The van der Waals surface area contributed by atoms with Crippen LogP contribution in [0.2, 0.25) is 0 Å². The van der Waals surface area contributed by atoms with Crippen LogP contribution in [0.4, 0.5) is 5.69 Å². The van der Waals surface area contributed by atoms with Gasteiger partial charge in [0.1, 0.15) is 6.04 Å². The normalized spacial score (nSPS) is 20.3. The number of carbonyl (C=O) groups is 1. The monoisotopic (exact) mass is 349 g/mol. The van der Waals surface area contributed by atoms with Crippen molar-refractivity contribution in [1.29, 1.82) is 0 Å². The molecule has 1 fully saturated rings. The Morgan fingerprint density at radius 2 is 2.14 bits per heavy atom. The molecule has 0 radical (unpaired) electrons. The Morgan fingerprint density at radius 1 is 1.41 bits per heavy atom. The van der Waals surface area contributed by atoms with Crippen LogP contribution >= 0.6 is 24.8 Å². The van der Waals surface area contributed by atoms with Crippen molar-refractivity contribution in [2.24, 2.45) is 0 Å². The number of hydrogen-bond acceptors (Lipinski definition) is 4. The minimum Gasteiger partial charge on any atom is -0.378 e. The summed E-state index contributed by atoms with van der Waals surface area (Å²) < 4.78 is 5.48. The molecule has 5 nitrogen and oxygen atoms in total. The topological polar surface area (TPSA) is 53.6 Å². The predicted octanol–water partition coefficient (Wildman–Crippen LogP) is 1.59. The van der Waals surface area contributed by atoms with Gasteiger partial charge in [0.05, 0.1) is 12.7 Å². The van der Waals surface area contributed by atoms with E-state index in [1.54, 1.807) is 0 Å². The van der Waals surface area contributed by atoms with Crippen LogP contribution in [-0.4, -0.2) is 45.3 Å². The van der Waals surface area contributed by atoms with Gasteiger partial charge < -0.3 is 20.3 Å². The fourth-order valence-electron chi connectivity index (χ4n) is 2.27. The molecule has 2 rings (SSSR count). The minimum atomic E-state index is -0.263. The lowest BCUT2D eigenvalue weighted by Crippen LogP contribution is -2.55. The molecule has 0 aliphatic carbocycles. The number of carbonyl (C=O) groups excluding carboxylic acids is 1. The van der Waals surface area contributed by atoms with Gasteiger partial charge in [-0.2, -0.15) is 0 Å². The highest BCUT2D eigenvalue weighted by Crippen LogP contribution is 2.13. The number of hydrogen-bond donors (Lipinski definition) is 2. The third kappa shape index (κ3) is 5.65. The van der Waals surface area contributed by atoms with Crippen molar-refractivity contribution in [3.63, 3.8) is 0 Å². The second-order valence-corrected chi connectivity index (χ2v) is 5.29. The lowest BCUT2D eigenvalue weighted by atomic mass is 10.1. The van der Waals surface area contributed by atoms with Gasteiger partial charge in [-0.1, -0.05) is 12.1 Å². The molecule has 1 aliphatic rings. The molecule has 1 amide bonds. The van der Waals surface area contributed by atoms with Gasteiger partial charge in [0, 0.05) is 32.9 Å².